The molecule has 0 saturated heterocycles. The summed E-state index contributed by atoms with van der Waals surface area (Å²) in [5, 5.41) is 10.9. The molecule has 1 aromatic rings. The first-order valence-electron chi connectivity index (χ1n) is 4.34. The van der Waals surface area contributed by atoms with Crippen molar-refractivity contribution in [2.45, 2.75) is 18.9 Å². The van der Waals surface area contributed by atoms with Crippen molar-refractivity contribution in [2.75, 3.05) is 5.88 Å². The van der Waals surface area contributed by atoms with Crippen LogP contribution in [0.1, 0.15) is 24.5 Å². The van der Waals surface area contributed by atoms with Gasteiger partial charge in [0.15, 0.2) is 0 Å². The molecule has 1 rings (SSSR count). The molecule has 0 aromatic heterocycles. The maximum absolute atomic E-state index is 9.76. The molecule has 0 aliphatic carbocycles. The zero-order valence-corrected chi connectivity index (χ0v) is 9.78. The Balaban J connectivity index is 2.77. The van der Waals surface area contributed by atoms with Gasteiger partial charge in [-0.15, -0.1) is 11.6 Å². The van der Waals surface area contributed by atoms with E-state index in [0.29, 0.717) is 27.9 Å². The van der Waals surface area contributed by atoms with E-state index < -0.39 is 6.10 Å². The predicted molar refractivity (Wildman–Crippen MR) is 61.4 cm³/mol. The maximum atomic E-state index is 9.76. The molecule has 1 aromatic carbocycles. The lowest BCUT2D eigenvalue weighted by molar-refractivity contribution is 0.167. The fourth-order valence-electron chi connectivity index (χ4n) is 1.20. The third kappa shape index (κ3) is 3.32. The van der Waals surface area contributed by atoms with Crippen LogP contribution in [-0.4, -0.2) is 11.0 Å². The first kappa shape index (κ1) is 12.1. The minimum atomic E-state index is -0.583. The zero-order chi connectivity index (χ0) is 10.6. The van der Waals surface area contributed by atoms with Crippen molar-refractivity contribution in [1.82, 2.24) is 0 Å². The van der Waals surface area contributed by atoms with Crippen LogP contribution in [-0.2, 0) is 0 Å². The van der Waals surface area contributed by atoms with Gasteiger partial charge in [0.25, 0.3) is 0 Å². The zero-order valence-electron chi connectivity index (χ0n) is 7.51. The molecule has 1 atom stereocenters. The Bertz CT molecular complexity index is 301. The van der Waals surface area contributed by atoms with Gasteiger partial charge in [-0.1, -0.05) is 23.2 Å². The lowest BCUT2D eigenvalue weighted by atomic mass is 10.1. The largest absolute Gasteiger partial charge is 0.388 e. The SMILES string of the molecule is OC(CCCCl)c1cc(Cl)ccc1Cl. The summed E-state index contributed by atoms with van der Waals surface area (Å²) < 4.78 is 0. The predicted octanol–water partition coefficient (Wildman–Crippen LogP) is 4.05. The van der Waals surface area contributed by atoms with E-state index in [9.17, 15) is 5.11 Å². The van der Waals surface area contributed by atoms with E-state index in [4.69, 9.17) is 34.8 Å². The highest BCUT2D eigenvalue weighted by molar-refractivity contribution is 6.33. The summed E-state index contributed by atoms with van der Waals surface area (Å²) in [7, 11) is 0. The Kier molecular flexibility index (Phi) is 5.04. The third-order valence-electron chi connectivity index (χ3n) is 1.93. The van der Waals surface area contributed by atoms with Gasteiger partial charge in [0.05, 0.1) is 6.10 Å². The van der Waals surface area contributed by atoms with Gasteiger partial charge in [-0.05, 0) is 31.0 Å². The summed E-state index contributed by atoms with van der Waals surface area (Å²) >= 11 is 17.3. The van der Waals surface area contributed by atoms with Gasteiger partial charge < -0.3 is 5.11 Å². The second kappa shape index (κ2) is 5.82. The number of aliphatic hydroxyl groups excluding tert-OH is 1. The molecule has 0 bridgehead atoms. The van der Waals surface area contributed by atoms with E-state index in [-0.39, 0.29) is 0 Å². The van der Waals surface area contributed by atoms with E-state index in [1.54, 1.807) is 18.2 Å². The van der Waals surface area contributed by atoms with Gasteiger partial charge in [-0.2, -0.15) is 0 Å². The highest BCUT2D eigenvalue weighted by atomic mass is 35.5. The lowest BCUT2D eigenvalue weighted by Gasteiger charge is -2.12. The molecule has 4 heteroatoms. The molecule has 78 valence electrons. The Morgan fingerprint density at radius 1 is 1.29 bits per heavy atom. The summed E-state index contributed by atoms with van der Waals surface area (Å²) in [6, 6.07) is 5.06. The Morgan fingerprint density at radius 3 is 2.64 bits per heavy atom. The number of aliphatic hydroxyl groups is 1. The summed E-state index contributed by atoms with van der Waals surface area (Å²) in [6.45, 7) is 0. The minimum Gasteiger partial charge on any atom is -0.388 e. The van der Waals surface area contributed by atoms with E-state index in [2.05, 4.69) is 0 Å². The molecule has 0 aliphatic heterocycles. The van der Waals surface area contributed by atoms with Crippen LogP contribution >= 0.6 is 34.8 Å². The van der Waals surface area contributed by atoms with Crippen molar-refractivity contribution in [1.29, 1.82) is 0 Å². The molecule has 0 saturated carbocycles. The molecule has 0 radical (unpaired) electrons. The highest BCUT2D eigenvalue weighted by Gasteiger charge is 2.11. The van der Waals surface area contributed by atoms with E-state index in [1.807, 2.05) is 0 Å². The number of hydrogen-bond acceptors (Lipinski definition) is 1. The van der Waals surface area contributed by atoms with Crippen molar-refractivity contribution in [2.24, 2.45) is 0 Å². The fraction of sp³-hybridized carbons (Fsp3) is 0.400. The molecule has 0 spiro atoms. The molecule has 1 unspecified atom stereocenters. The molecular weight excluding hydrogens is 242 g/mol. The molecular formula is C10H11Cl3O. The van der Waals surface area contributed by atoms with Crippen LogP contribution in [0.5, 0.6) is 0 Å². The molecule has 14 heavy (non-hydrogen) atoms. The molecule has 0 fully saturated rings. The van der Waals surface area contributed by atoms with E-state index in [1.165, 1.54) is 0 Å². The van der Waals surface area contributed by atoms with Crippen molar-refractivity contribution < 1.29 is 5.11 Å². The standard InChI is InChI=1S/C10H11Cl3O/c11-5-1-2-10(14)8-6-7(12)3-4-9(8)13/h3-4,6,10,14H,1-2,5H2. The van der Waals surface area contributed by atoms with E-state index >= 15 is 0 Å². The Morgan fingerprint density at radius 2 is 2.00 bits per heavy atom. The fourth-order valence-corrected chi connectivity index (χ4v) is 1.77. The summed E-state index contributed by atoms with van der Waals surface area (Å²) in [6.07, 6.45) is 0.773. The van der Waals surface area contributed by atoms with Crippen LogP contribution < -0.4 is 0 Å². The third-order valence-corrected chi connectivity index (χ3v) is 2.77. The van der Waals surface area contributed by atoms with Gasteiger partial charge in [-0.3, -0.25) is 0 Å². The van der Waals surface area contributed by atoms with Gasteiger partial charge in [0, 0.05) is 21.5 Å². The topological polar surface area (TPSA) is 20.2 Å². The van der Waals surface area contributed by atoms with Gasteiger partial charge >= 0.3 is 0 Å². The Hall–Kier alpha value is 0.0500. The second-order valence-corrected chi connectivity index (χ2v) is 4.23. The first-order valence-corrected chi connectivity index (χ1v) is 5.63. The van der Waals surface area contributed by atoms with Crippen LogP contribution in [0.2, 0.25) is 10.0 Å². The first-order chi connectivity index (χ1) is 6.65. The number of hydrogen-bond donors (Lipinski definition) is 1. The van der Waals surface area contributed by atoms with Crippen LogP contribution in [0.4, 0.5) is 0 Å². The van der Waals surface area contributed by atoms with Crippen molar-refractivity contribution >= 4 is 34.8 Å². The maximum Gasteiger partial charge on any atom is 0.0805 e. The van der Waals surface area contributed by atoms with Gasteiger partial charge in [-0.25, -0.2) is 0 Å². The number of rotatable bonds is 4. The van der Waals surface area contributed by atoms with Gasteiger partial charge in [0.1, 0.15) is 0 Å². The summed E-state index contributed by atoms with van der Waals surface area (Å²) in [4.78, 5) is 0. The number of benzene rings is 1. The minimum absolute atomic E-state index is 0.537. The van der Waals surface area contributed by atoms with Gasteiger partial charge in [0.2, 0.25) is 0 Å². The average molecular weight is 254 g/mol. The van der Waals surface area contributed by atoms with Crippen molar-refractivity contribution in [3.63, 3.8) is 0 Å². The smallest absolute Gasteiger partial charge is 0.0805 e. The van der Waals surface area contributed by atoms with E-state index in [0.717, 1.165) is 6.42 Å². The number of alkyl halides is 1. The highest BCUT2D eigenvalue weighted by Crippen LogP contribution is 2.28. The number of halogens is 3. The molecule has 1 nitrogen and oxygen atoms in total. The normalized spacial score (nSPS) is 12.9. The lowest BCUT2D eigenvalue weighted by Crippen LogP contribution is -1.98. The molecule has 0 amide bonds. The van der Waals surface area contributed by atoms with Crippen LogP contribution in [0.3, 0.4) is 0 Å². The second-order valence-electron chi connectivity index (χ2n) is 3.01. The Labute approximate surface area is 98.6 Å². The quantitative estimate of drug-likeness (QED) is 0.803. The van der Waals surface area contributed by atoms with Crippen molar-refractivity contribution in [3.8, 4) is 0 Å². The molecule has 0 aliphatic rings. The molecule has 0 heterocycles. The monoisotopic (exact) mass is 252 g/mol. The van der Waals surface area contributed by atoms with Crippen molar-refractivity contribution in [3.05, 3.63) is 33.8 Å². The van der Waals surface area contributed by atoms with Crippen LogP contribution in [0, 0.1) is 0 Å². The summed E-state index contributed by atoms with van der Waals surface area (Å²) in [5.74, 6) is 0.537. The average Bonchev–Trinajstić information content (AvgIpc) is 2.18. The van der Waals surface area contributed by atoms with Crippen LogP contribution in [0.15, 0.2) is 18.2 Å². The van der Waals surface area contributed by atoms with Crippen LogP contribution in [0.25, 0.3) is 0 Å². The summed E-state index contributed by atoms with van der Waals surface area (Å²) in [5.41, 5.74) is 0.671. The molecule has 1 N–H and O–H groups in total.